The van der Waals surface area contributed by atoms with Crippen molar-refractivity contribution in [3.63, 3.8) is 0 Å². The molecule has 0 fully saturated rings. The van der Waals surface area contributed by atoms with Crippen molar-refractivity contribution in [2.24, 2.45) is 0 Å². The molecule has 2 nitrogen and oxygen atoms in total. The molecule has 0 aliphatic rings. The molecule has 1 amide bonds. The number of hydrogen-bond donors (Lipinski definition) is 1. The van der Waals surface area contributed by atoms with Crippen LogP contribution in [0.1, 0.15) is 10.4 Å². The van der Waals surface area contributed by atoms with Gasteiger partial charge in [-0.05, 0) is 42.5 Å². The Bertz CT molecular complexity index is 586. The van der Waals surface area contributed by atoms with E-state index in [1.165, 1.54) is 18.2 Å². The van der Waals surface area contributed by atoms with E-state index < -0.39 is 5.82 Å². The van der Waals surface area contributed by atoms with E-state index in [1.54, 1.807) is 24.3 Å². The second-order valence-corrected chi connectivity index (χ2v) is 4.94. The van der Waals surface area contributed by atoms with Crippen LogP contribution in [0.3, 0.4) is 0 Å². The quantitative estimate of drug-likeness (QED) is 0.864. The molecule has 0 atom stereocenters. The number of benzene rings is 2. The van der Waals surface area contributed by atoms with Crippen molar-refractivity contribution in [3.8, 4) is 0 Å². The van der Waals surface area contributed by atoms with E-state index in [0.717, 1.165) is 4.47 Å². The molecule has 0 saturated heterocycles. The third-order valence-corrected chi connectivity index (χ3v) is 3.05. The Kier molecular flexibility index (Phi) is 3.99. The summed E-state index contributed by atoms with van der Waals surface area (Å²) in [7, 11) is 0. The fourth-order valence-corrected chi connectivity index (χ4v) is 1.83. The van der Waals surface area contributed by atoms with Crippen molar-refractivity contribution in [1.29, 1.82) is 0 Å². The smallest absolute Gasteiger partial charge is 0.255 e. The number of halogens is 3. The van der Waals surface area contributed by atoms with Crippen molar-refractivity contribution in [3.05, 3.63) is 63.3 Å². The zero-order valence-corrected chi connectivity index (χ0v) is 11.4. The second-order valence-electron chi connectivity index (χ2n) is 3.59. The van der Waals surface area contributed by atoms with Crippen LogP contribution in [-0.4, -0.2) is 5.91 Å². The van der Waals surface area contributed by atoms with Gasteiger partial charge in [-0.2, -0.15) is 0 Å². The molecule has 2 aromatic rings. The van der Waals surface area contributed by atoms with Gasteiger partial charge < -0.3 is 5.32 Å². The van der Waals surface area contributed by atoms with Crippen molar-refractivity contribution in [2.75, 3.05) is 5.32 Å². The predicted molar refractivity (Wildman–Crippen MR) is 73.5 cm³/mol. The molecule has 2 rings (SSSR count). The fraction of sp³-hybridized carbons (Fsp3) is 0. The highest BCUT2D eigenvalue weighted by Crippen LogP contribution is 2.20. The van der Waals surface area contributed by atoms with Gasteiger partial charge in [-0.15, -0.1) is 0 Å². The first-order valence-electron chi connectivity index (χ1n) is 5.08. The highest BCUT2D eigenvalue weighted by Gasteiger charge is 2.09. The lowest BCUT2D eigenvalue weighted by molar-refractivity contribution is 0.102. The summed E-state index contributed by atoms with van der Waals surface area (Å²) in [6, 6.07) is 10.8. The van der Waals surface area contributed by atoms with Crippen LogP contribution in [-0.2, 0) is 0 Å². The molecular formula is C13H8BrClFNO. The van der Waals surface area contributed by atoms with E-state index in [1.807, 2.05) is 0 Å². The van der Waals surface area contributed by atoms with Gasteiger partial charge in [-0.25, -0.2) is 4.39 Å². The van der Waals surface area contributed by atoms with E-state index in [4.69, 9.17) is 11.6 Å². The summed E-state index contributed by atoms with van der Waals surface area (Å²) >= 11 is 9.02. The number of carbonyl (C=O) groups excluding carboxylic acids is 1. The highest BCUT2D eigenvalue weighted by molar-refractivity contribution is 9.10. The molecule has 0 radical (unpaired) electrons. The largest absolute Gasteiger partial charge is 0.319 e. The SMILES string of the molecule is O=C(Nc1cc(Cl)ccc1F)c1ccc(Br)cc1. The van der Waals surface area contributed by atoms with E-state index in [2.05, 4.69) is 21.2 Å². The van der Waals surface area contributed by atoms with Gasteiger partial charge in [0, 0.05) is 15.1 Å². The van der Waals surface area contributed by atoms with E-state index >= 15 is 0 Å². The lowest BCUT2D eigenvalue weighted by Gasteiger charge is -2.06. The number of rotatable bonds is 2. The van der Waals surface area contributed by atoms with Crippen molar-refractivity contribution >= 4 is 39.1 Å². The molecular weight excluding hydrogens is 321 g/mol. The molecule has 1 N–H and O–H groups in total. The Morgan fingerprint density at radius 2 is 1.83 bits per heavy atom. The maximum absolute atomic E-state index is 13.4. The summed E-state index contributed by atoms with van der Waals surface area (Å²) in [6.07, 6.45) is 0. The average Bonchev–Trinajstić information content (AvgIpc) is 2.34. The maximum Gasteiger partial charge on any atom is 0.255 e. The lowest BCUT2D eigenvalue weighted by Crippen LogP contribution is -2.12. The minimum Gasteiger partial charge on any atom is -0.319 e. The number of hydrogen-bond acceptors (Lipinski definition) is 1. The van der Waals surface area contributed by atoms with E-state index in [9.17, 15) is 9.18 Å². The summed E-state index contributed by atoms with van der Waals surface area (Å²) in [4.78, 5) is 11.9. The zero-order valence-electron chi connectivity index (χ0n) is 9.08. The van der Waals surface area contributed by atoms with E-state index in [0.29, 0.717) is 10.6 Å². The topological polar surface area (TPSA) is 29.1 Å². The van der Waals surface area contributed by atoms with Crippen LogP contribution >= 0.6 is 27.5 Å². The van der Waals surface area contributed by atoms with Crippen LogP contribution < -0.4 is 5.32 Å². The summed E-state index contributed by atoms with van der Waals surface area (Å²) in [5.74, 6) is -0.909. The van der Waals surface area contributed by atoms with Gasteiger partial charge in [-0.3, -0.25) is 4.79 Å². The second kappa shape index (κ2) is 5.50. The summed E-state index contributed by atoms with van der Waals surface area (Å²) < 4.78 is 14.3. The maximum atomic E-state index is 13.4. The Morgan fingerprint density at radius 3 is 2.50 bits per heavy atom. The van der Waals surface area contributed by atoms with Gasteiger partial charge in [0.25, 0.3) is 5.91 Å². The molecule has 0 heterocycles. The van der Waals surface area contributed by atoms with Gasteiger partial charge in [-0.1, -0.05) is 27.5 Å². The number of anilines is 1. The number of amides is 1. The molecule has 92 valence electrons. The van der Waals surface area contributed by atoms with E-state index in [-0.39, 0.29) is 11.6 Å². The molecule has 0 aliphatic heterocycles. The van der Waals surface area contributed by atoms with Crippen LogP contribution in [0.15, 0.2) is 46.9 Å². The Morgan fingerprint density at radius 1 is 1.17 bits per heavy atom. The lowest BCUT2D eigenvalue weighted by atomic mass is 10.2. The molecule has 5 heteroatoms. The normalized spacial score (nSPS) is 10.2. The van der Waals surface area contributed by atoms with Crippen LogP contribution in [0.4, 0.5) is 10.1 Å². The Labute approximate surface area is 117 Å². The van der Waals surface area contributed by atoms with Crippen LogP contribution in [0.5, 0.6) is 0 Å². The summed E-state index contributed by atoms with van der Waals surface area (Å²) in [5, 5.41) is 2.84. The third-order valence-electron chi connectivity index (χ3n) is 2.28. The third kappa shape index (κ3) is 3.09. The van der Waals surface area contributed by atoms with Gasteiger partial charge in [0.1, 0.15) is 5.82 Å². The predicted octanol–water partition coefficient (Wildman–Crippen LogP) is 4.49. The molecule has 0 saturated carbocycles. The average molecular weight is 329 g/mol. The minimum absolute atomic E-state index is 0.0652. The number of nitrogens with one attached hydrogen (secondary N) is 1. The van der Waals surface area contributed by atoms with Crippen molar-refractivity contribution < 1.29 is 9.18 Å². The van der Waals surface area contributed by atoms with Gasteiger partial charge in [0.15, 0.2) is 0 Å². The zero-order chi connectivity index (χ0) is 13.1. The first kappa shape index (κ1) is 13.1. The molecule has 0 bridgehead atoms. The van der Waals surface area contributed by atoms with Crippen LogP contribution in [0.25, 0.3) is 0 Å². The molecule has 0 aromatic heterocycles. The monoisotopic (exact) mass is 327 g/mol. The Hall–Kier alpha value is -1.39. The van der Waals surface area contributed by atoms with Crippen LogP contribution in [0, 0.1) is 5.82 Å². The first-order chi connectivity index (χ1) is 8.56. The Balaban J connectivity index is 2.21. The molecule has 0 aliphatic carbocycles. The van der Waals surface area contributed by atoms with Gasteiger partial charge >= 0.3 is 0 Å². The fourth-order valence-electron chi connectivity index (χ4n) is 1.39. The van der Waals surface area contributed by atoms with Crippen LogP contribution in [0.2, 0.25) is 5.02 Å². The molecule has 0 unspecified atom stereocenters. The molecule has 2 aromatic carbocycles. The first-order valence-corrected chi connectivity index (χ1v) is 6.25. The number of carbonyl (C=O) groups is 1. The summed E-state index contributed by atoms with van der Waals surface area (Å²) in [6.45, 7) is 0. The van der Waals surface area contributed by atoms with Gasteiger partial charge in [0.05, 0.1) is 5.69 Å². The molecule has 0 spiro atoms. The standard InChI is InChI=1S/C13H8BrClFNO/c14-9-3-1-8(2-4-9)13(18)17-12-7-10(15)5-6-11(12)16/h1-7H,(H,17,18). The van der Waals surface area contributed by atoms with Crippen molar-refractivity contribution in [1.82, 2.24) is 0 Å². The molecule has 18 heavy (non-hydrogen) atoms. The highest BCUT2D eigenvalue weighted by atomic mass is 79.9. The summed E-state index contributed by atoms with van der Waals surface area (Å²) in [5.41, 5.74) is 0.507. The van der Waals surface area contributed by atoms with Gasteiger partial charge in [0.2, 0.25) is 0 Å². The van der Waals surface area contributed by atoms with Crippen molar-refractivity contribution in [2.45, 2.75) is 0 Å². The minimum atomic E-state index is -0.523.